The van der Waals surface area contributed by atoms with Crippen molar-refractivity contribution in [3.63, 3.8) is 0 Å². The molecule has 1 aromatic heterocycles. The van der Waals surface area contributed by atoms with Crippen LogP contribution in [0.3, 0.4) is 0 Å². The monoisotopic (exact) mass is 554 g/mol. The number of carbonyl (C=O) groups is 1. The summed E-state index contributed by atoms with van der Waals surface area (Å²) in [6.07, 6.45) is 0. The molecule has 8 heteroatoms. The summed E-state index contributed by atoms with van der Waals surface area (Å²) in [4.78, 5) is 16.5. The van der Waals surface area contributed by atoms with E-state index >= 15 is 0 Å². The van der Waals surface area contributed by atoms with E-state index in [4.69, 9.17) is 17.0 Å². The molecule has 0 unspecified atom stereocenters. The van der Waals surface area contributed by atoms with Crippen molar-refractivity contribution in [2.45, 2.75) is 19.4 Å². The zero-order valence-corrected chi connectivity index (χ0v) is 21.9. The Bertz CT molecular complexity index is 1470. The van der Waals surface area contributed by atoms with Crippen LogP contribution in [0.25, 0.3) is 16.8 Å². The number of hydrogen-bond donors (Lipinski definition) is 0. The first-order valence-corrected chi connectivity index (χ1v) is 12.5. The van der Waals surface area contributed by atoms with Gasteiger partial charge >= 0.3 is 0 Å². The highest BCUT2D eigenvalue weighted by Gasteiger charge is 2.44. The van der Waals surface area contributed by atoms with Crippen molar-refractivity contribution < 1.29 is 13.9 Å². The van der Waals surface area contributed by atoms with Crippen LogP contribution >= 0.6 is 39.7 Å². The van der Waals surface area contributed by atoms with Gasteiger partial charge in [-0.3, -0.25) is 13.7 Å². The van der Waals surface area contributed by atoms with Gasteiger partial charge in [-0.2, -0.15) is 0 Å². The molecule has 5 rings (SSSR count). The quantitative estimate of drug-likeness (QED) is 0.243. The van der Waals surface area contributed by atoms with Gasteiger partial charge in [0.25, 0.3) is 5.91 Å². The second kappa shape index (κ2) is 8.45. The van der Waals surface area contributed by atoms with E-state index in [0.29, 0.717) is 16.0 Å². The molecule has 172 valence electrons. The number of rotatable bonds is 3. The number of carbonyl (C=O) groups excluding carboxylic acids is 1. The van der Waals surface area contributed by atoms with E-state index < -0.39 is 5.54 Å². The van der Waals surface area contributed by atoms with Crippen molar-refractivity contribution in [2.24, 2.45) is 0 Å². The number of aromatic nitrogens is 1. The maximum atomic E-state index is 13.8. The fraction of sp³-hybridized carbons (Fsp3) is 0.154. The molecule has 1 amide bonds. The lowest BCUT2D eigenvalue weighted by Crippen LogP contribution is -2.47. The van der Waals surface area contributed by atoms with Crippen LogP contribution in [0.4, 0.5) is 10.1 Å². The summed E-state index contributed by atoms with van der Waals surface area (Å²) < 4.78 is 22.7. The Morgan fingerprint density at radius 1 is 1.06 bits per heavy atom. The van der Waals surface area contributed by atoms with E-state index in [0.717, 1.165) is 31.9 Å². The Balaban J connectivity index is 1.76. The van der Waals surface area contributed by atoms with Crippen molar-refractivity contribution in [1.29, 1.82) is 0 Å². The molecule has 1 aliphatic rings. The molecule has 2 heterocycles. The summed E-state index contributed by atoms with van der Waals surface area (Å²) in [6, 6.07) is 19.2. The van der Waals surface area contributed by atoms with E-state index in [-0.39, 0.29) is 11.7 Å². The highest BCUT2D eigenvalue weighted by molar-refractivity contribution is 9.10. The van der Waals surface area contributed by atoms with Gasteiger partial charge in [0.15, 0.2) is 0 Å². The van der Waals surface area contributed by atoms with Gasteiger partial charge in [0.1, 0.15) is 16.2 Å². The molecule has 0 aliphatic carbocycles. The Hall–Kier alpha value is -2.81. The first kappa shape index (κ1) is 23.0. The summed E-state index contributed by atoms with van der Waals surface area (Å²) in [6.45, 7) is 4.02. The van der Waals surface area contributed by atoms with E-state index in [9.17, 15) is 9.18 Å². The van der Waals surface area contributed by atoms with Crippen LogP contribution in [0.15, 0.2) is 71.2 Å². The molecule has 4 nitrogen and oxygen atoms in total. The van der Waals surface area contributed by atoms with Crippen molar-refractivity contribution in [2.75, 3.05) is 12.0 Å². The first-order valence-electron chi connectivity index (χ1n) is 10.5. The molecule has 0 bridgehead atoms. The fourth-order valence-electron chi connectivity index (χ4n) is 4.30. The molecule has 34 heavy (non-hydrogen) atoms. The van der Waals surface area contributed by atoms with Crippen molar-refractivity contribution in [1.82, 2.24) is 3.96 Å². The minimum absolute atomic E-state index is 0.212. The summed E-state index contributed by atoms with van der Waals surface area (Å²) in [5, 5.41) is 0. The van der Waals surface area contributed by atoms with Gasteiger partial charge in [-0.15, -0.1) is 0 Å². The summed E-state index contributed by atoms with van der Waals surface area (Å²) in [7, 11) is 1.61. The topological polar surface area (TPSA) is 34.5 Å². The van der Waals surface area contributed by atoms with Crippen LogP contribution in [0.1, 0.15) is 29.1 Å². The van der Waals surface area contributed by atoms with Gasteiger partial charge < -0.3 is 4.74 Å². The van der Waals surface area contributed by atoms with Crippen LogP contribution in [0, 0.1) is 10.5 Å². The number of benzene rings is 3. The predicted octanol–water partition coefficient (Wildman–Crippen LogP) is 7.74. The predicted molar refractivity (Wildman–Crippen MR) is 140 cm³/mol. The van der Waals surface area contributed by atoms with Crippen LogP contribution < -0.4 is 9.64 Å². The molecule has 0 saturated carbocycles. The summed E-state index contributed by atoms with van der Waals surface area (Å²) in [5.74, 6) is 0.0809. The van der Waals surface area contributed by atoms with Gasteiger partial charge in [-0.25, -0.2) is 4.39 Å². The third-order valence-corrected chi connectivity index (χ3v) is 8.49. The van der Waals surface area contributed by atoms with E-state index in [2.05, 4.69) is 15.9 Å². The minimum Gasteiger partial charge on any atom is -0.497 e. The molecular formula is C26H20BrFN2O2S2. The molecule has 0 atom stereocenters. The second-order valence-corrected chi connectivity index (χ2v) is 10.7. The average molecular weight is 555 g/mol. The highest BCUT2D eigenvalue weighted by atomic mass is 79.9. The Morgan fingerprint density at radius 3 is 2.38 bits per heavy atom. The van der Waals surface area contributed by atoms with Crippen LogP contribution in [-0.2, 0) is 5.54 Å². The molecular weight excluding hydrogens is 535 g/mol. The average Bonchev–Trinajstić information content (AvgIpc) is 3.18. The molecule has 0 spiro atoms. The molecule has 0 N–H and O–H groups in total. The lowest BCUT2D eigenvalue weighted by molar-refractivity contribution is 0.0961. The van der Waals surface area contributed by atoms with Crippen molar-refractivity contribution in [3.8, 4) is 22.6 Å². The number of hydrogen-bond acceptors (Lipinski definition) is 4. The molecule has 4 aromatic rings. The van der Waals surface area contributed by atoms with Crippen LogP contribution in [-0.4, -0.2) is 17.0 Å². The van der Waals surface area contributed by atoms with Gasteiger partial charge in [0.05, 0.1) is 28.9 Å². The Morgan fingerprint density at radius 2 is 1.74 bits per heavy atom. The van der Waals surface area contributed by atoms with Crippen molar-refractivity contribution >= 4 is 51.3 Å². The maximum absolute atomic E-state index is 13.8. The van der Waals surface area contributed by atoms with Crippen LogP contribution in [0.5, 0.6) is 5.75 Å². The summed E-state index contributed by atoms with van der Waals surface area (Å²) in [5.41, 5.74) is 3.15. The van der Waals surface area contributed by atoms with Gasteiger partial charge in [0, 0.05) is 21.2 Å². The molecule has 3 aromatic carbocycles. The Kier molecular flexibility index (Phi) is 5.70. The van der Waals surface area contributed by atoms with E-state index in [1.165, 1.54) is 35.8 Å². The highest BCUT2D eigenvalue weighted by Crippen LogP contribution is 2.52. The number of ether oxygens (including phenoxy) is 1. The van der Waals surface area contributed by atoms with Gasteiger partial charge in [-0.05, 0) is 80.6 Å². The molecule has 0 saturated heterocycles. The number of anilines is 1. The number of fused-ring (bicyclic) bond motifs is 3. The van der Waals surface area contributed by atoms with E-state index in [1.807, 2.05) is 60.3 Å². The summed E-state index contributed by atoms with van der Waals surface area (Å²) >= 11 is 11.0. The lowest BCUT2D eigenvalue weighted by Gasteiger charge is -2.42. The second-order valence-electron chi connectivity index (χ2n) is 8.46. The fourth-order valence-corrected chi connectivity index (χ4v) is 6.26. The minimum atomic E-state index is -0.707. The van der Waals surface area contributed by atoms with Crippen molar-refractivity contribution in [3.05, 3.63) is 92.1 Å². The third kappa shape index (κ3) is 3.61. The largest absolute Gasteiger partial charge is 0.497 e. The molecule has 0 radical (unpaired) electrons. The normalized spacial score (nSPS) is 13.9. The third-order valence-electron chi connectivity index (χ3n) is 5.99. The van der Waals surface area contributed by atoms with E-state index in [1.54, 1.807) is 12.0 Å². The smallest absolute Gasteiger partial charge is 0.259 e. The molecule has 1 aliphatic heterocycles. The Labute approximate surface area is 214 Å². The lowest BCUT2D eigenvalue weighted by atomic mass is 9.86. The zero-order chi connectivity index (χ0) is 24.2. The number of amides is 1. The first-order chi connectivity index (χ1) is 16.2. The number of nitrogens with zero attached hydrogens (tertiary/aromatic N) is 2. The standard InChI is InChI=1S/C26H20BrFN2O2S2/c1-26(2)23-22(25(33)30(34-23)18-10-6-16(27)7-11-18)20-14-19(32-3)12-13-21(20)29(26)24(31)15-4-8-17(28)9-5-15/h4-14H,1-3H3. The zero-order valence-electron chi connectivity index (χ0n) is 18.6. The van der Waals surface area contributed by atoms with Gasteiger partial charge in [0.2, 0.25) is 0 Å². The van der Waals surface area contributed by atoms with Gasteiger partial charge in [-0.1, -0.05) is 39.7 Å². The maximum Gasteiger partial charge on any atom is 0.259 e. The number of methoxy groups -OCH3 is 1. The van der Waals surface area contributed by atoms with Crippen LogP contribution in [0.2, 0.25) is 0 Å². The SMILES string of the molecule is COc1ccc2c(c1)-c1c(sn(-c3ccc(Br)cc3)c1=S)C(C)(C)N2C(=O)c1ccc(F)cc1. The molecule has 0 fully saturated rings. The number of halogens is 2.